The minimum atomic E-state index is -4.37. The summed E-state index contributed by atoms with van der Waals surface area (Å²) >= 11 is 13.6. The Morgan fingerprint density at radius 1 is 1.15 bits per heavy atom. The number of benzene rings is 1. The van der Waals surface area contributed by atoms with E-state index >= 15 is 0 Å². The molecule has 1 heterocycles. The summed E-state index contributed by atoms with van der Waals surface area (Å²) in [5.74, 6) is 0. The van der Waals surface area contributed by atoms with Crippen LogP contribution < -0.4 is 5.32 Å². The van der Waals surface area contributed by atoms with Crippen LogP contribution in [0.15, 0.2) is 33.2 Å². The summed E-state index contributed by atoms with van der Waals surface area (Å²) in [7, 11) is 0. The molecule has 1 aromatic carbocycles. The maximum Gasteiger partial charge on any atom is 0.416 e. The molecule has 0 saturated carbocycles. The molecule has 2 rings (SSSR count). The van der Waals surface area contributed by atoms with Crippen molar-refractivity contribution in [2.75, 3.05) is 5.32 Å². The molecule has 8 heteroatoms. The molecule has 0 unspecified atom stereocenters. The molecule has 20 heavy (non-hydrogen) atoms. The number of rotatable bonds is 3. The van der Waals surface area contributed by atoms with E-state index in [1.54, 1.807) is 6.07 Å². The summed E-state index contributed by atoms with van der Waals surface area (Å²) in [5, 5.41) is 2.96. The quantitative estimate of drug-likeness (QED) is 0.560. The Kier molecular flexibility index (Phi) is 5.05. The Morgan fingerprint density at radius 3 is 2.40 bits per heavy atom. The zero-order valence-corrected chi connectivity index (χ0v) is 14.4. The molecule has 0 amide bonds. The molecule has 0 fully saturated rings. The van der Waals surface area contributed by atoms with Gasteiger partial charge in [0.05, 0.1) is 5.56 Å². The van der Waals surface area contributed by atoms with Gasteiger partial charge >= 0.3 is 6.18 Å². The topological polar surface area (TPSA) is 12.0 Å². The van der Waals surface area contributed by atoms with Gasteiger partial charge in [0.15, 0.2) is 0 Å². The van der Waals surface area contributed by atoms with Crippen molar-refractivity contribution in [1.82, 2.24) is 0 Å². The highest BCUT2D eigenvalue weighted by Crippen LogP contribution is 2.35. The molecule has 0 atom stereocenters. The van der Waals surface area contributed by atoms with Crippen molar-refractivity contribution in [2.24, 2.45) is 0 Å². The van der Waals surface area contributed by atoms with Gasteiger partial charge in [-0.15, -0.1) is 11.3 Å². The number of anilines is 1. The molecule has 2 aromatic rings. The van der Waals surface area contributed by atoms with E-state index in [-0.39, 0.29) is 0 Å². The van der Waals surface area contributed by atoms with Crippen LogP contribution >= 0.6 is 54.8 Å². The van der Waals surface area contributed by atoms with Gasteiger partial charge in [-0.2, -0.15) is 13.2 Å². The Bertz CT molecular complexity index is 608. The Hall–Kier alpha value is -0.240. The average molecular weight is 450 g/mol. The van der Waals surface area contributed by atoms with Gasteiger partial charge in [0.1, 0.15) is 4.34 Å². The van der Waals surface area contributed by atoms with Gasteiger partial charge in [0, 0.05) is 26.1 Å². The second-order valence-corrected chi connectivity index (χ2v) is 7.42. The number of thiophene rings is 1. The van der Waals surface area contributed by atoms with Crippen LogP contribution in [-0.2, 0) is 12.7 Å². The smallest absolute Gasteiger partial charge is 0.380 e. The third-order valence-corrected chi connectivity index (χ3v) is 5.32. The van der Waals surface area contributed by atoms with Gasteiger partial charge < -0.3 is 5.32 Å². The molecule has 1 aromatic heterocycles. The highest BCUT2D eigenvalue weighted by Gasteiger charge is 2.31. The van der Waals surface area contributed by atoms with Gasteiger partial charge in [-0.1, -0.05) is 27.5 Å². The molecule has 0 saturated heterocycles. The van der Waals surface area contributed by atoms with E-state index < -0.39 is 11.7 Å². The summed E-state index contributed by atoms with van der Waals surface area (Å²) in [6.07, 6.45) is -4.37. The van der Waals surface area contributed by atoms with Crippen molar-refractivity contribution < 1.29 is 13.2 Å². The predicted octanol–water partition coefficient (Wildman–Crippen LogP) is 6.56. The second kappa shape index (κ2) is 6.25. The maximum atomic E-state index is 12.7. The van der Waals surface area contributed by atoms with E-state index in [4.69, 9.17) is 11.6 Å². The Morgan fingerprint density at radius 2 is 1.85 bits per heavy atom. The lowest BCUT2D eigenvalue weighted by atomic mass is 10.2. The van der Waals surface area contributed by atoms with Crippen molar-refractivity contribution in [3.63, 3.8) is 0 Å². The van der Waals surface area contributed by atoms with Gasteiger partial charge in [0.2, 0.25) is 0 Å². The number of hydrogen-bond donors (Lipinski definition) is 1. The molecular formula is C12H7Br2ClF3NS. The summed E-state index contributed by atoms with van der Waals surface area (Å²) in [6, 6.07) is 5.56. The van der Waals surface area contributed by atoms with Crippen LogP contribution in [-0.4, -0.2) is 0 Å². The van der Waals surface area contributed by atoms with Crippen LogP contribution in [0, 0.1) is 0 Å². The standard InChI is InChI=1S/C12H7Br2ClF3NS/c13-7-1-6(12(16,17)18)2-8(3-7)19-5-9-4-10(14)11(15)20-9/h1-4,19H,5H2. The van der Waals surface area contributed by atoms with Gasteiger partial charge in [-0.25, -0.2) is 0 Å². The fraction of sp³-hybridized carbons (Fsp3) is 0.167. The van der Waals surface area contributed by atoms with Crippen molar-refractivity contribution in [2.45, 2.75) is 12.7 Å². The van der Waals surface area contributed by atoms with E-state index in [2.05, 4.69) is 37.2 Å². The lowest BCUT2D eigenvalue weighted by Crippen LogP contribution is -2.06. The van der Waals surface area contributed by atoms with Crippen LogP contribution in [0.3, 0.4) is 0 Å². The molecule has 0 radical (unpaired) electrons. The zero-order valence-electron chi connectivity index (χ0n) is 9.69. The van der Waals surface area contributed by atoms with E-state index in [0.29, 0.717) is 21.0 Å². The summed E-state index contributed by atoms with van der Waals surface area (Å²) in [5.41, 5.74) is -0.299. The normalized spacial score (nSPS) is 11.7. The summed E-state index contributed by atoms with van der Waals surface area (Å²) in [6.45, 7) is 0.406. The van der Waals surface area contributed by atoms with Crippen LogP contribution in [0.5, 0.6) is 0 Å². The lowest BCUT2D eigenvalue weighted by molar-refractivity contribution is -0.137. The van der Waals surface area contributed by atoms with Crippen LogP contribution in [0.4, 0.5) is 18.9 Å². The minimum absolute atomic E-state index is 0.375. The van der Waals surface area contributed by atoms with E-state index in [1.807, 2.05) is 6.07 Å². The van der Waals surface area contributed by atoms with E-state index in [0.717, 1.165) is 21.5 Å². The molecule has 0 spiro atoms. The van der Waals surface area contributed by atoms with Gasteiger partial charge in [-0.3, -0.25) is 0 Å². The summed E-state index contributed by atoms with van der Waals surface area (Å²) < 4.78 is 39.9. The zero-order chi connectivity index (χ0) is 14.9. The Labute approximate surface area is 139 Å². The first-order valence-corrected chi connectivity index (χ1v) is 8.09. The molecule has 0 aliphatic rings. The van der Waals surface area contributed by atoms with Crippen LogP contribution in [0.2, 0.25) is 4.34 Å². The third kappa shape index (κ3) is 4.13. The minimum Gasteiger partial charge on any atom is -0.380 e. The molecule has 0 aliphatic heterocycles. The number of nitrogens with one attached hydrogen (secondary N) is 1. The molecular weight excluding hydrogens is 442 g/mol. The second-order valence-electron chi connectivity index (χ2n) is 3.91. The SMILES string of the molecule is FC(F)(F)c1cc(Br)cc(NCc2cc(Br)c(Cl)s2)c1. The maximum absolute atomic E-state index is 12.7. The first-order valence-electron chi connectivity index (χ1n) is 5.31. The van der Waals surface area contributed by atoms with E-state index in [1.165, 1.54) is 11.3 Å². The molecule has 1 N–H and O–H groups in total. The lowest BCUT2D eigenvalue weighted by Gasteiger charge is -2.11. The van der Waals surface area contributed by atoms with Crippen molar-refractivity contribution in [3.8, 4) is 0 Å². The van der Waals surface area contributed by atoms with Gasteiger partial charge in [0.25, 0.3) is 0 Å². The van der Waals surface area contributed by atoms with Crippen LogP contribution in [0.1, 0.15) is 10.4 Å². The fourth-order valence-corrected chi connectivity index (χ4v) is 3.75. The largest absolute Gasteiger partial charge is 0.416 e. The third-order valence-electron chi connectivity index (χ3n) is 2.39. The van der Waals surface area contributed by atoms with Crippen molar-refractivity contribution >= 4 is 60.5 Å². The van der Waals surface area contributed by atoms with E-state index in [9.17, 15) is 13.2 Å². The molecule has 1 nitrogen and oxygen atoms in total. The highest BCUT2D eigenvalue weighted by atomic mass is 79.9. The fourth-order valence-electron chi connectivity index (χ4n) is 1.52. The molecule has 0 bridgehead atoms. The molecule has 0 aliphatic carbocycles. The molecule has 108 valence electrons. The summed E-state index contributed by atoms with van der Waals surface area (Å²) in [4.78, 5) is 0.926. The average Bonchev–Trinajstić information content (AvgIpc) is 2.65. The first kappa shape index (κ1) is 16.1. The van der Waals surface area contributed by atoms with Gasteiger partial charge in [-0.05, 0) is 40.2 Å². The number of alkyl halides is 3. The van der Waals surface area contributed by atoms with Crippen LogP contribution in [0.25, 0.3) is 0 Å². The first-order chi connectivity index (χ1) is 9.25. The predicted molar refractivity (Wildman–Crippen MR) is 83.5 cm³/mol. The van der Waals surface area contributed by atoms with Crippen molar-refractivity contribution in [3.05, 3.63) is 48.0 Å². The number of hydrogen-bond acceptors (Lipinski definition) is 2. The monoisotopic (exact) mass is 447 g/mol. The van der Waals surface area contributed by atoms with Crippen molar-refractivity contribution in [1.29, 1.82) is 0 Å². The highest BCUT2D eigenvalue weighted by molar-refractivity contribution is 9.10. The Balaban J connectivity index is 2.15. The number of halogens is 6.